The van der Waals surface area contributed by atoms with Crippen molar-refractivity contribution in [1.82, 2.24) is 9.38 Å². The number of imidazole rings is 1. The smallest absolute Gasteiger partial charge is 0.347 e. The van der Waals surface area contributed by atoms with Crippen LogP contribution < -0.4 is 14.8 Å². The number of para-hydroxylation sites is 1. The molecule has 0 saturated carbocycles. The molecule has 0 aliphatic carbocycles. The molecule has 4 aromatic rings. The van der Waals surface area contributed by atoms with Crippen molar-refractivity contribution in [1.29, 1.82) is 0 Å². The molecule has 1 N–H and O–H groups in total. The summed E-state index contributed by atoms with van der Waals surface area (Å²) >= 11 is 3.59. The van der Waals surface area contributed by atoms with Gasteiger partial charge in [0.1, 0.15) is 34.2 Å². The van der Waals surface area contributed by atoms with E-state index in [1.54, 1.807) is 30.3 Å². The fourth-order valence-electron chi connectivity index (χ4n) is 4.69. The van der Waals surface area contributed by atoms with E-state index in [0.29, 0.717) is 17.1 Å². The standard InChI is InChI=1S/C29H32BrN3O3/c1-28(2,3)18-29(4,5)32-26-25(31-24-16-13-20(30)17-33(24)26)19-11-14-21(15-12-19)36-27(34)22-9-7-8-10-23(22)35-6/h7-17,32H,18H2,1-6H3. The number of hydrogen-bond acceptors (Lipinski definition) is 5. The van der Waals surface area contributed by atoms with Crippen LogP contribution in [0.3, 0.4) is 0 Å². The zero-order valence-electron chi connectivity index (χ0n) is 21.6. The lowest BCUT2D eigenvalue weighted by Gasteiger charge is -2.34. The molecule has 2 heterocycles. The number of hydrogen-bond donors (Lipinski definition) is 1. The van der Waals surface area contributed by atoms with Crippen LogP contribution in [-0.4, -0.2) is 28.0 Å². The van der Waals surface area contributed by atoms with Gasteiger partial charge in [-0.25, -0.2) is 9.78 Å². The summed E-state index contributed by atoms with van der Waals surface area (Å²) in [6.07, 6.45) is 2.99. The lowest BCUT2D eigenvalue weighted by molar-refractivity contribution is 0.0731. The molecule has 0 aliphatic heterocycles. The molecule has 2 aromatic heterocycles. The Kier molecular flexibility index (Phi) is 7.14. The highest BCUT2D eigenvalue weighted by atomic mass is 79.9. The molecule has 0 saturated heterocycles. The van der Waals surface area contributed by atoms with E-state index in [9.17, 15) is 4.79 Å². The lowest BCUT2D eigenvalue weighted by Crippen LogP contribution is -2.36. The van der Waals surface area contributed by atoms with Gasteiger partial charge < -0.3 is 14.8 Å². The van der Waals surface area contributed by atoms with Crippen LogP contribution in [-0.2, 0) is 0 Å². The number of pyridine rings is 1. The number of benzene rings is 2. The highest BCUT2D eigenvalue weighted by Crippen LogP contribution is 2.36. The van der Waals surface area contributed by atoms with E-state index in [-0.39, 0.29) is 11.0 Å². The first kappa shape index (κ1) is 25.8. The molecular weight excluding hydrogens is 518 g/mol. The molecule has 6 nitrogen and oxygen atoms in total. The summed E-state index contributed by atoms with van der Waals surface area (Å²) in [6, 6.07) is 18.4. The van der Waals surface area contributed by atoms with E-state index in [1.165, 1.54) is 7.11 Å². The third-order valence-electron chi connectivity index (χ3n) is 5.68. The molecule has 36 heavy (non-hydrogen) atoms. The van der Waals surface area contributed by atoms with Gasteiger partial charge in [0, 0.05) is 21.8 Å². The molecule has 0 fully saturated rings. The van der Waals surface area contributed by atoms with Gasteiger partial charge in [0.15, 0.2) is 0 Å². The van der Waals surface area contributed by atoms with E-state index < -0.39 is 5.97 Å². The minimum absolute atomic E-state index is 0.157. The van der Waals surface area contributed by atoms with Crippen molar-refractivity contribution in [2.75, 3.05) is 12.4 Å². The molecule has 7 heteroatoms. The van der Waals surface area contributed by atoms with Crippen molar-refractivity contribution in [3.8, 4) is 22.8 Å². The van der Waals surface area contributed by atoms with Crippen LogP contribution in [0, 0.1) is 5.41 Å². The van der Waals surface area contributed by atoms with Gasteiger partial charge >= 0.3 is 5.97 Å². The average Bonchev–Trinajstić information content (AvgIpc) is 3.14. The molecule has 0 radical (unpaired) electrons. The Labute approximate surface area is 220 Å². The molecule has 0 bridgehead atoms. The lowest BCUT2D eigenvalue weighted by atomic mass is 9.82. The van der Waals surface area contributed by atoms with Gasteiger partial charge in [0.25, 0.3) is 0 Å². The number of carbonyl (C=O) groups is 1. The van der Waals surface area contributed by atoms with Gasteiger partial charge in [-0.3, -0.25) is 4.40 Å². The molecule has 2 aromatic carbocycles. The fourth-order valence-corrected chi connectivity index (χ4v) is 5.02. The van der Waals surface area contributed by atoms with E-state index in [4.69, 9.17) is 14.5 Å². The zero-order valence-corrected chi connectivity index (χ0v) is 23.1. The van der Waals surface area contributed by atoms with Crippen molar-refractivity contribution in [2.45, 2.75) is 46.6 Å². The van der Waals surface area contributed by atoms with Crippen LogP contribution in [0.5, 0.6) is 11.5 Å². The van der Waals surface area contributed by atoms with Crippen molar-refractivity contribution in [2.24, 2.45) is 5.41 Å². The molecule has 0 aliphatic rings. The number of ether oxygens (including phenoxy) is 2. The summed E-state index contributed by atoms with van der Waals surface area (Å²) in [5.41, 5.74) is 2.95. The third-order valence-corrected chi connectivity index (χ3v) is 6.15. The van der Waals surface area contributed by atoms with Crippen LogP contribution in [0.1, 0.15) is 51.4 Å². The number of carbonyl (C=O) groups excluding carboxylic acids is 1. The predicted octanol–water partition coefficient (Wildman–Crippen LogP) is 7.62. The number of esters is 1. The number of halogens is 1. The van der Waals surface area contributed by atoms with Crippen molar-refractivity contribution in [3.63, 3.8) is 0 Å². The van der Waals surface area contributed by atoms with Gasteiger partial charge in [-0.15, -0.1) is 0 Å². The summed E-state index contributed by atoms with van der Waals surface area (Å²) < 4.78 is 13.9. The van der Waals surface area contributed by atoms with Crippen molar-refractivity contribution >= 4 is 33.4 Å². The molecular formula is C29H32BrN3O3. The maximum absolute atomic E-state index is 12.7. The van der Waals surface area contributed by atoms with Gasteiger partial charge in [-0.1, -0.05) is 32.9 Å². The summed E-state index contributed by atoms with van der Waals surface area (Å²) in [7, 11) is 1.53. The van der Waals surface area contributed by atoms with Gasteiger partial charge in [0.2, 0.25) is 0 Å². The molecule has 0 unspecified atom stereocenters. The molecule has 4 rings (SSSR count). The highest BCUT2D eigenvalue weighted by molar-refractivity contribution is 9.10. The first-order valence-electron chi connectivity index (χ1n) is 11.9. The van der Waals surface area contributed by atoms with Gasteiger partial charge in [-0.2, -0.15) is 0 Å². The number of nitrogens with zero attached hydrogens (tertiary/aromatic N) is 2. The number of rotatable bonds is 7. The Bertz CT molecular complexity index is 1390. The molecule has 0 atom stereocenters. The van der Waals surface area contributed by atoms with Crippen LogP contribution in [0.15, 0.2) is 71.3 Å². The highest BCUT2D eigenvalue weighted by Gasteiger charge is 2.28. The second kappa shape index (κ2) is 9.97. The minimum Gasteiger partial charge on any atom is -0.496 e. The van der Waals surface area contributed by atoms with E-state index >= 15 is 0 Å². The van der Waals surface area contributed by atoms with Crippen molar-refractivity contribution in [3.05, 3.63) is 76.9 Å². The van der Waals surface area contributed by atoms with Gasteiger partial charge in [-0.05, 0) is 90.1 Å². The maximum Gasteiger partial charge on any atom is 0.347 e. The van der Waals surface area contributed by atoms with Crippen LogP contribution in [0.4, 0.5) is 5.82 Å². The number of aromatic nitrogens is 2. The number of fused-ring (bicyclic) bond motifs is 1. The zero-order chi connectivity index (χ0) is 26.1. The van der Waals surface area contributed by atoms with Crippen LogP contribution >= 0.6 is 15.9 Å². The van der Waals surface area contributed by atoms with E-state index in [2.05, 4.69) is 60.3 Å². The van der Waals surface area contributed by atoms with E-state index in [1.807, 2.05) is 36.5 Å². The first-order valence-corrected chi connectivity index (χ1v) is 12.7. The second-order valence-corrected chi connectivity index (χ2v) is 11.7. The Hall–Kier alpha value is -3.32. The number of nitrogens with one attached hydrogen (secondary N) is 1. The topological polar surface area (TPSA) is 64.9 Å². The van der Waals surface area contributed by atoms with Crippen LogP contribution in [0.2, 0.25) is 0 Å². The minimum atomic E-state index is -0.468. The molecule has 188 valence electrons. The predicted molar refractivity (Wildman–Crippen MR) is 148 cm³/mol. The normalized spacial score (nSPS) is 12.0. The van der Waals surface area contributed by atoms with E-state index in [0.717, 1.165) is 33.6 Å². The summed E-state index contributed by atoms with van der Waals surface area (Å²) in [6.45, 7) is 11.1. The SMILES string of the molecule is COc1ccccc1C(=O)Oc1ccc(-c2nc3ccc(Br)cn3c2NC(C)(C)CC(C)(C)C)cc1. The number of anilines is 1. The Morgan fingerprint density at radius 2 is 1.69 bits per heavy atom. The Morgan fingerprint density at radius 3 is 2.36 bits per heavy atom. The largest absolute Gasteiger partial charge is 0.496 e. The summed E-state index contributed by atoms with van der Waals surface area (Å²) in [5.74, 6) is 1.37. The summed E-state index contributed by atoms with van der Waals surface area (Å²) in [4.78, 5) is 17.6. The Balaban J connectivity index is 1.66. The molecule has 0 spiro atoms. The Morgan fingerprint density at radius 1 is 1.00 bits per heavy atom. The third kappa shape index (κ3) is 5.90. The number of methoxy groups -OCH3 is 1. The molecule has 0 amide bonds. The second-order valence-electron chi connectivity index (χ2n) is 10.7. The maximum atomic E-state index is 12.7. The average molecular weight is 550 g/mol. The summed E-state index contributed by atoms with van der Waals surface area (Å²) in [5, 5.41) is 3.75. The monoisotopic (exact) mass is 549 g/mol. The van der Waals surface area contributed by atoms with Gasteiger partial charge in [0.05, 0.1) is 7.11 Å². The first-order chi connectivity index (χ1) is 17.0. The van der Waals surface area contributed by atoms with Crippen molar-refractivity contribution < 1.29 is 14.3 Å². The quantitative estimate of drug-likeness (QED) is 0.190. The fraction of sp³-hybridized carbons (Fsp3) is 0.310. The van der Waals surface area contributed by atoms with Crippen LogP contribution in [0.25, 0.3) is 16.9 Å².